The van der Waals surface area contributed by atoms with E-state index in [0.717, 1.165) is 15.6 Å². The summed E-state index contributed by atoms with van der Waals surface area (Å²) in [7, 11) is 0. The quantitative estimate of drug-likeness (QED) is 0.683. The van der Waals surface area contributed by atoms with Gasteiger partial charge in [0.1, 0.15) is 18.4 Å². The van der Waals surface area contributed by atoms with E-state index >= 15 is 0 Å². The van der Waals surface area contributed by atoms with Crippen LogP contribution < -0.4 is 5.56 Å². The minimum Gasteiger partial charge on any atom is -0.464 e. The number of benzene rings is 1. The number of Topliss-reactive ketones (excluding diaryl/α,β-unsaturated/α-hetero) is 1. The maximum absolute atomic E-state index is 12.3. The summed E-state index contributed by atoms with van der Waals surface area (Å²) in [6.07, 6.45) is 2.98. The summed E-state index contributed by atoms with van der Waals surface area (Å²) in [5, 5.41) is 4.71. The number of ketones is 1. The fraction of sp³-hybridized carbons (Fsp3) is 0.133. The highest BCUT2D eigenvalue weighted by Crippen LogP contribution is 2.21. The molecule has 0 atom stereocenters. The number of carbonyl (C=O) groups is 1. The Balaban J connectivity index is 1.95. The molecular weight excluding hydrogens is 256 g/mol. The molecule has 0 N–H and O–H groups in total. The molecule has 0 aliphatic carbocycles. The number of hydrogen-bond acceptors (Lipinski definition) is 4. The van der Waals surface area contributed by atoms with Crippen LogP contribution in [0, 0.1) is 6.92 Å². The van der Waals surface area contributed by atoms with Crippen molar-refractivity contribution in [3.63, 3.8) is 0 Å². The van der Waals surface area contributed by atoms with Crippen molar-refractivity contribution in [2.45, 2.75) is 13.5 Å². The molecule has 0 amide bonds. The molecule has 3 aromatic rings. The van der Waals surface area contributed by atoms with Gasteiger partial charge in [0.15, 0.2) is 5.78 Å². The van der Waals surface area contributed by atoms with Gasteiger partial charge in [-0.1, -0.05) is 18.2 Å². The predicted octanol–water partition coefficient (Wildman–Crippen LogP) is 2.18. The smallest absolute Gasteiger partial charge is 0.267 e. The monoisotopic (exact) mass is 268 g/mol. The van der Waals surface area contributed by atoms with E-state index in [1.807, 2.05) is 18.2 Å². The summed E-state index contributed by atoms with van der Waals surface area (Å²) in [5.74, 6) is -0.201. The zero-order chi connectivity index (χ0) is 14.1. The third-order valence-corrected chi connectivity index (χ3v) is 3.08. The van der Waals surface area contributed by atoms with Crippen molar-refractivity contribution in [2.75, 3.05) is 0 Å². The highest BCUT2D eigenvalue weighted by atomic mass is 16.3. The topological polar surface area (TPSA) is 65.1 Å². The Kier molecular flexibility index (Phi) is 2.95. The Morgan fingerprint density at radius 3 is 2.95 bits per heavy atom. The Bertz CT molecular complexity index is 845. The van der Waals surface area contributed by atoms with E-state index in [-0.39, 0.29) is 17.9 Å². The first-order valence-electron chi connectivity index (χ1n) is 6.18. The van der Waals surface area contributed by atoms with E-state index in [2.05, 4.69) is 5.10 Å². The molecule has 2 aromatic heterocycles. The van der Waals surface area contributed by atoms with Gasteiger partial charge in [-0.3, -0.25) is 9.59 Å². The number of nitrogens with zero attached hydrogens (tertiary/aromatic N) is 2. The van der Waals surface area contributed by atoms with E-state index in [9.17, 15) is 9.59 Å². The lowest BCUT2D eigenvalue weighted by Crippen LogP contribution is -2.26. The lowest BCUT2D eigenvalue weighted by molar-refractivity contribution is 0.0966. The van der Waals surface area contributed by atoms with E-state index in [1.165, 1.54) is 12.3 Å². The molecule has 3 rings (SSSR count). The number of para-hydroxylation sites is 1. The van der Waals surface area contributed by atoms with E-state index in [4.69, 9.17) is 4.42 Å². The highest BCUT2D eigenvalue weighted by molar-refractivity contribution is 6.06. The number of furan rings is 1. The lowest BCUT2D eigenvalue weighted by Gasteiger charge is -2.02. The van der Waals surface area contributed by atoms with Crippen molar-refractivity contribution in [3.8, 4) is 0 Å². The number of rotatable bonds is 3. The first-order valence-corrected chi connectivity index (χ1v) is 6.18. The van der Waals surface area contributed by atoms with Gasteiger partial charge in [0.2, 0.25) is 0 Å². The summed E-state index contributed by atoms with van der Waals surface area (Å²) in [5.41, 5.74) is 1.61. The average Bonchev–Trinajstić information content (AvgIpc) is 2.86. The van der Waals surface area contributed by atoms with Crippen LogP contribution in [0.2, 0.25) is 0 Å². The van der Waals surface area contributed by atoms with Gasteiger partial charge in [-0.15, -0.1) is 0 Å². The summed E-state index contributed by atoms with van der Waals surface area (Å²) in [6, 6.07) is 8.74. The number of aromatic nitrogens is 2. The molecule has 0 radical (unpaired) electrons. The van der Waals surface area contributed by atoms with Gasteiger partial charge in [0.25, 0.3) is 5.56 Å². The largest absolute Gasteiger partial charge is 0.464 e. The van der Waals surface area contributed by atoms with Crippen LogP contribution >= 0.6 is 0 Å². The Morgan fingerprint density at radius 2 is 2.15 bits per heavy atom. The van der Waals surface area contributed by atoms with Crippen LogP contribution in [0.15, 0.2) is 52.0 Å². The average molecular weight is 268 g/mol. The molecule has 0 unspecified atom stereocenters. The number of hydrogen-bond donors (Lipinski definition) is 0. The Hall–Kier alpha value is -2.69. The van der Waals surface area contributed by atoms with E-state index < -0.39 is 0 Å². The SMILES string of the molecule is Cc1cnn(CC(=O)c2coc3ccccc23)c(=O)c1. The van der Waals surface area contributed by atoms with Crippen LogP contribution in [0.4, 0.5) is 0 Å². The van der Waals surface area contributed by atoms with Gasteiger partial charge in [0, 0.05) is 11.5 Å². The van der Waals surface area contributed by atoms with Crippen molar-refractivity contribution in [2.24, 2.45) is 0 Å². The van der Waals surface area contributed by atoms with Crippen molar-refractivity contribution >= 4 is 16.8 Å². The second-order valence-corrected chi connectivity index (χ2v) is 4.60. The van der Waals surface area contributed by atoms with Crippen LogP contribution in [0.25, 0.3) is 11.0 Å². The third kappa shape index (κ3) is 2.14. The molecule has 0 saturated carbocycles. The zero-order valence-electron chi connectivity index (χ0n) is 10.9. The second-order valence-electron chi connectivity index (χ2n) is 4.60. The molecule has 2 heterocycles. The molecular formula is C15H12N2O3. The molecule has 20 heavy (non-hydrogen) atoms. The van der Waals surface area contributed by atoms with Gasteiger partial charge >= 0.3 is 0 Å². The summed E-state index contributed by atoms with van der Waals surface area (Å²) in [4.78, 5) is 24.0. The molecule has 0 fully saturated rings. The van der Waals surface area contributed by atoms with Crippen molar-refractivity contribution in [1.82, 2.24) is 9.78 Å². The van der Waals surface area contributed by atoms with Crippen LogP contribution in [0.5, 0.6) is 0 Å². The number of carbonyl (C=O) groups excluding carboxylic acids is 1. The van der Waals surface area contributed by atoms with Gasteiger partial charge in [0.05, 0.1) is 11.8 Å². The molecule has 0 saturated heterocycles. The van der Waals surface area contributed by atoms with E-state index in [0.29, 0.717) is 11.1 Å². The molecule has 100 valence electrons. The molecule has 0 bridgehead atoms. The molecule has 5 nitrogen and oxygen atoms in total. The normalized spacial score (nSPS) is 10.8. The minimum atomic E-state index is -0.286. The van der Waals surface area contributed by atoms with Crippen LogP contribution in [0.3, 0.4) is 0 Å². The minimum absolute atomic E-state index is 0.0946. The molecule has 0 aliphatic rings. The van der Waals surface area contributed by atoms with Crippen LogP contribution in [-0.4, -0.2) is 15.6 Å². The van der Waals surface area contributed by atoms with Crippen LogP contribution in [0.1, 0.15) is 15.9 Å². The van der Waals surface area contributed by atoms with Crippen LogP contribution in [-0.2, 0) is 6.54 Å². The van der Waals surface area contributed by atoms with E-state index in [1.54, 1.807) is 19.2 Å². The first kappa shape index (κ1) is 12.3. The van der Waals surface area contributed by atoms with Gasteiger partial charge < -0.3 is 4.42 Å². The number of aryl methyl sites for hydroxylation is 1. The maximum atomic E-state index is 12.3. The predicted molar refractivity (Wildman–Crippen MR) is 73.8 cm³/mol. The Morgan fingerprint density at radius 1 is 1.35 bits per heavy atom. The van der Waals surface area contributed by atoms with Crippen molar-refractivity contribution in [3.05, 3.63) is 64.3 Å². The maximum Gasteiger partial charge on any atom is 0.267 e. The summed E-state index contributed by atoms with van der Waals surface area (Å²) < 4.78 is 6.48. The third-order valence-electron chi connectivity index (χ3n) is 3.08. The second kappa shape index (κ2) is 4.77. The number of fused-ring (bicyclic) bond motifs is 1. The van der Waals surface area contributed by atoms with Crippen molar-refractivity contribution < 1.29 is 9.21 Å². The fourth-order valence-electron chi connectivity index (χ4n) is 2.06. The van der Waals surface area contributed by atoms with Gasteiger partial charge in [-0.25, -0.2) is 4.68 Å². The fourth-order valence-corrected chi connectivity index (χ4v) is 2.06. The highest BCUT2D eigenvalue weighted by Gasteiger charge is 2.14. The standard InChI is InChI=1S/C15H12N2O3/c1-10-6-15(19)17(16-7-10)8-13(18)12-9-20-14-5-3-2-4-11(12)14/h2-7,9H,8H2,1H3. The van der Waals surface area contributed by atoms with Crippen molar-refractivity contribution in [1.29, 1.82) is 0 Å². The summed E-state index contributed by atoms with van der Waals surface area (Å²) >= 11 is 0. The van der Waals surface area contributed by atoms with Gasteiger partial charge in [-0.2, -0.15) is 5.10 Å². The first-order chi connectivity index (χ1) is 9.65. The summed E-state index contributed by atoms with van der Waals surface area (Å²) in [6.45, 7) is 1.69. The molecule has 1 aromatic carbocycles. The van der Waals surface area contributed by atoms with Gasteiger partial charge in [-0.05, 0) is 18.6 Å². The molecule has 5 heteroatoms. The lowest BCUT2D eigenvalue weighted by atomic mass is 10.1. The Labute approximate surface area is 114 Å². The molecule has 0 aliphatic heterocycles. The zero-order valence-corrected chi connectivity index (χ0v) is 10.9. The molecule has 0 spiro atoms.